The van der Waals surface area contributed by atoms with E-state index >= 15 is 0 Å². The van der Waals surface area contributed by atoms with Crippen molar-refractivity contribution < 1.29 is 28.7 Å². The van der Waals surface area contributed by atoms with E-state index in [9.17, 15) is 19.7 Å². The van der Waals surface area contributed by atoms with Crippen LogP contribution in [0.15, 0.2) is 35.8 Å². The molecule has 0 spiro atoms. The quantitative estimate of drug-likeness (QED) is 0.335. The summed E-state index contributed by atoms with van der Waals surface area (Å²) in [5.41, 5.74) is -0.0957. The van der Waals surface area contributed by atoms with Crippen molar-refractivity contribution >= 4 is 11.9 Å². The van der Waals surface area contributed by atoms with Gasteiger partial charge in [-0.1, -0.05) is 18.2 Å². The lowest BCUT2D eigenvalue weighted by molar-refractivity contribution is -0.435. The average Bonchev–Trinajstić information content (AvgIpc) is 2.61. The Morgan fingerprint density at radius 3 is 2.31 bits per heavy atom. The highest BCUT2D eigenvalue weighted by Crippen LogP contribution is 2.43. The third-order valence-corrected chi connectivity index (χ3v) is 3.83. The molecule has 0 aromatic heterocycles. The fourth-order valence-electron chi connectivity index (χ4n) is 2.83. The molecule has 0 bridgehead atoms. The van der Waals surface area contributed by atoms with Crippen LogP contribution < -0.4 is 10.1 Å². The molecule has 1 unspecified atom stereocenters. The van der Waals surface area contributed by atoms with Crippen molar-refractivity contribution in [2.24, 2.45) is 5.92 Å². The summed E-state index contributed by atoms with van der Waals surface area (Å²) < 4.78 is 15.5. The number of rotatable bonds is 7. The Balaban J connectivity index is 2.68. The van der Waals surface area contributed by atoms with Crippen LogP contribution in [0.1, 0.15) is 25.3 Å². The molecule has 0 aliphatic carbocycles. The lowest BCUT2D eigenvalue weighted by atomic mass is 9.81. The predicted molar refractivity (Wildman–Crippen MR) is 89.6 cm³/mol. The van der Waals surface area contributed by atoms with Crippen molar-refractivity contribution in [3.05, 3.63) is 51.5 Å². The molecule has 1 aromatic carbocycles. The van der Waals surface area contributed by atoms with Crippen LogP contribution in [0.2, 0.25) is 0 Å². The van der Waals surface area contributed by atoms with E-state index in [1.807, 2.05) is 0 Å². The number of carbonyl (C=O) groups excluding carboxylic acids is 2. The molecular formula is C17H20N2O7. The zero-order valence-electron chi connectivity index (χ0n) is 14.7. The number of hydrogen-bond donors (Lipinski definition) is 1. The zero-order chi connectivity index (χ0) is 19.3. The third kappa shape index (κ3) is 3.61. The molecule has 2 rings (SSSR count). The number of hydrogen-bond acceptors (Lipinski definition) is 8. The van der Waals surface area contributed by atoms with Crippen LogP contribution in [-0.4, -0.2) is 37.1 Å². The van der Waals surface area contributed by atoms with Crippen molar-refractivity contribution in [3.8, 4) is 5.75 Å². The molecule has 0 saturated carbocycles. The van der Waals surface area contributed by atoms with Crippen LogP contribution in [0.4, 0.5) is 0 Å². The van der Waals surface area contributed by atoms with Crippen molar-refractivity contribution in [1.82, 2.24) is 5.32 Å². The van der Waals surface area contributed by atoms with Gasteiger partial charge in [0.25, 0.3) is 5.88 Å². The minimum atomic E-state index is -1.52. The maximum atomic E-state index is 12.5. The fraction of sp³-hybridized carbons (Fsp3) is 0.412. The van der Waals surface area contributed by atoms with E-state index in [2.05, 4.69) is 5.32 Å². The monoisotopic (exact) mass is 364 g/mol. The summed E-state index contributed by atoms with van der Waals surface area (Å²) >= 11 is 0. The lowest BCUT2D eigenvalue weighted by Crippen LogP contribution is -2.39. The Kier molecular flexibility index (Phi) is 6.16. The van der Waals surface area contributed by atoms with Gasteiger partial charge in [0.2, 0.25) is 0 Å². The van der Waals surface area contributed by atoms with Gasteiger partial charge in [-0.3, -0.25) is 19.7 Å². The van der Waals surface area contributed by atoms with E-state index in [0.717, 1.165) is 0 Å². The molecule has 0 saturated heterocycles. The molecule has 26 heavy (non-hydrogen) atoms. The topological polar surface area (TPSA) is 117 Å². The molecule has 1 atom stereocenters. The molecule has 1 aliphatic heterocycles. The van der Waals surface area contributed by atoms with Crippen LogP contribution in [0.3, 0.4) is 0 Å². The maximum Gasteiger partial charge on any atom is 0.321 e. The number of fused-ring (bicyclic) bond motifs is 1. The summed E-state index contributed by atoms with van der Waals surface area (Å²) in [6, 6.07) is 6.50. The Bertz CT molecular complexity index is 726. The van der Waals surface area contributed by atoms with E-state index in [1.54, 1.807) is 38.1 Å². The van der Waals surface area contributed by atoms with E-state index in [1.165, 1.54) is 7.05 Å². The zero-order valence-corrected chi connectivity index (χ0v) is 14.7. The second-order valence-electron chi connectivity index (χ2n) is 5.32. The van der Waals surface area contributed by atoms with Crippen LogP contribution in [0, 0.1) is 16.0 Å². The first-order chi connectivity index (χ1) is 12.5. The summed E-state index contributed by atoms with van der Waals surface area (Å²) in [5, 5.41) is 14.3. The predicted octanol–water partition coefficient (Wildman–Crippen LogP) is 1.57. The number of benzene rings is 1. The van der Waals surface area contributed by atoms with Gasteiger partial charge in [0.05, 0.1) is 18.1 Å². The Hall–Kier alpha value is -3.10. The molecule has 1 N–H and O–H groups in total. The Morgan fingerprint density at radius 2 is 1.81 bits per heavy atom. The first kappa shape index (κ1) is 19.2. The smallest absolute Gasteiger partial charge is 0.321 e. The van der Waals surface area contributed by atoms with Gasteiger partial charge in [0.1, 0.15) is 11.7 Å². The van der Waals surface area contributed by atoms with Crippen LogP contribution in [0.5, 0.6) is 5.75 Å². The molecule has 9 heteroatoms. The van der Waals surface area contributed by atoms with Crippen molar-refractivity contribution in [2.45, 2.75) is 19.8 Å². The van der Waals surface area contributed by atoms with E-state index < -0.39 is 34.4 Å². The number of para-hydroxylation sites is 1. The van der Waals surface area contributed by atoms with Gasteiger partial charge in [-0.25, -0.2) is 0 Å². The SMILES string of the molecule is CCOC(=O)C(C(=O)OCC)C1C([N+](=O)[O-])=C(NC)Oc2ccccc21. The fourth-order valence-corrected chi connectivity index (χ4v) is 2.83. The summed E-state index contributed by atoms with van der Waals surface area (Å²) in [4.78, 5) is 36.1. The van der Waals surface area contributed by atoms with Gasteiger partial charge >= 0.3 is 17.6 Å². The number of carbonyl (C=O) groups is 2. The first-order valence-electron chi connectivity index (χ1n) is 8.12. The van der Waals surface area contributed by atoms with Gasteiger partial charge < -0.3 is 19.5 Å². The molecular weight excluding hydrogens is 344 g/mol. The number of ether oxygens (including phenoxy) is 3. The summed E-state index contributed by atoms with van der Waals surface area (Å²) in [6.07, 6.45) is 0. The molecule has 0 radical (unpaired) electrons. The molecule has 1 heterocycles. The van der Waals surface area contributed by atoms with Gasteiger partial charge in [0, 0.05) is 12.6 Å². The number of allylic oxidation sites excluding steroid dienone is 1. The maximum absolute atomic E-state index is 12.5. The molecule has 1 aromatic rings. The highest BCUT2D eigenvalue weighted by molar-refractivity contribution is 5.96. The van der Waals surface area contributed by atoms with Crippen LogP contribution in [0.25, 0.3) is 0 Å². The van der Waals surface area contributed by atoms with Gasteiger partial charge in [-0.15, -0.1) is 0 Å². The summed E-state index contributed by atoms with van der Waals surface area (Å²) in [6.45, 7) is 3.22. The Morgan fingerprint density at radius 1 is 1.23 bits per heavy atom. The number of nitrogens with one attached hydrogen (secondary N) is 1. The third-order valence-electron chi connectivity index (χ3n) is 3.83. The molecule has 1 aliphatic rings. The molecule has 9 nitrogen and oxygen atoms in total. The highest BCUT2D eigenvalue weighted by atomic mass is 16.6. The minimum absolute atomic E-state index is 0.0238. The minimum Gasteiger partial charge on any atom is -0.465 e. The van der Waals surface area contributed by atoms with Crippen molar-refractivity contribution in [1.29, 1.82) is 0 Å². The van der Waals surface area contributed by atoms with E-state index in [0.29, 0.717) is 11.3 Å². The van der Waals surface area contributed by atoms with Crippen molar-refractivity contribution in [2.75, 3.05) is 20.3 Å². The number of nitro groups is 1. The molecule has 0 fully saturated rings. The number of esters is 2. The number of nitrogens with zero attached hydrogens (tertiary/aromatic N) is 1. The van der Waals surface area contributed by atoms with Crippen LogP contribution in [-0.2, 0) is 19.1 Å². The lowest BCUT2D eigenvalue weighted by Gasteiger charge is -2.28. The van der Waals surface area contributed by atoms with Gasteiger partial charge in [-0.2, -0.15) is 0 Å². The summed E-state index contributed by atoms with van der Waals surface area (Å²) in [5.74, 6) is -4.34. The van der Waals surface area contributed by atoms with Crippen LogP contribution >= 0.6 is 0 Å². The largest absolute Gasteiger partial charge is 0.465 e. The normalized spacial score (nSPS) is 15.8. The Labute approximate surface area is 150 Å². The standard InChI is InChI=1S/C17H20N2O7/c1-4-24-16(20)13(17(21)25-5-2)12-10-8-6-7-9-11(10)26-15(18-3)14(12)19(22)23/h6-9,12-13,18H,4-5H2,1-3H3. The highest BCUT2D eigenvalue weighted by Gasteiger charge is 2.50. The molecule has 140 valence electrons. The van der Waals surface area contributed by atoms with Crippen molar-refractivity contribution in [3.63, 3.8) is 0 Å². The van der Waals surface area contributed by atoms with Gasteiger partial charge in [-0.05, 0) is 19.9 Å². The van der Waals surface area contributed by atoms with E-state index in [4.69, 9.17) is 14.2 Å². The van der Waals surface area contributed by atoms with E-state index in [-0.39, 0.29) is 19.1 Å². The first-order valence-corrected chi connectivity index (χ1v) is 8.12. The second-order valence-corrected chi connectivity index (χ2v) is 5.32. The summed E-state index contributed by atoms with van der Waals surface area (Å²) in [7, 11) is 1.45. The average molecular weight is 364 g/mol. The second kappa shape index (κ2) is 8.32. The van der Waals surface area contributed by atoms with Gasteiger partial charge in [0.15, 0.2) is 5.92 Å². The molecule has 0 amide bonds.